The van der Waals surface area contributed by atoms with Gasteiger partial charge in [0, 0.05) is 29.4 Å². The molecule has 2 aromatic heterocycles. The van der Waals surface area contributed by atoms with Gasteiger partial charge in [0.25, 0.3) is 0 Å². The number of aromatic amines is 1. The fourth-order valence-electron chi connectivity index (χ4n) is 2.09. The zero-order valence-corrected chi connectivity index (χ0v) is 11.4. The van der Waals surface area contributed by atoms with Crippen molar-refractivity contribution in [1.29, 1.82) is 0 Å². The number of ether oxygens (including phenoxy) is 1. The van der Waals surface area contributed by atoms with Gasteiger partial charge in [-0.05, 0) is 30.7 Å². The maximum absolute atomic E-state index is 12.3. The monoisotopic (exact) mass is 286 g/mol. The Morgan fingerprint density at radius 2 is 2.15 bits per heavy atom. The van der Waals surface area contributed by atoms with Crippen LogP contribution in [0.2, 0.25) is 5.02 Å². The van der Waals surface area contributed by atoms with Crippen LogP contribution in [0.3, 0.4) is 0 Å². The molecule has 1 N–H and O–H groups in total. The van der Waals surface area contributed by atoms with Crippen LogP contribution in [0.25, 0.3) is 10.9 Å². The summed E-state index contributed by atoms with van der Waals surface area (Å²) in [6, 6.07) is 7.18. The predicted octanol–water partition coefficient (Wildman–Crippen LogP) is 3.74. The van der Waals surface area contributed by atoms with Crippen LogP contribution in [0.1, 0.15) is 15.9 Å². The molecule has 0 bridgehead atoms. The highest BCUT2D eigenvalue weighted by Gasteiger charge is 2.14. The first kappa shape index (κ1) is 12.7. The average molecular weight is 287 g/mol. The van der Waals surface area contributed by atoms with Crippen molar-refractivity contribution in [1.82, 2.24) is 9.97 Å². The third kappa shape index (κ3) is 2.38. The van der Waals surface area contributed by atoms with Gasteiger partial charge in [-0.3, -0.25) is 4.98 Å². The van der Waals surface area contributed by atoms with E-state index in [9.17, 15) is 4.79 Å². The molecule has 0 atom stereocenters. The van der Waals surface area contributed by atoms with E-state index in [1.165, 1.54) is 12.4 Å². The molecule has 4 nitrogen and oxygen atoms in total. The van der Waals surface area contributed by atoms with E-state index in [0.29, 0.717) is 16.3 Å². The average Bonchev–Trinajstić information content (AvgIpc) is 2.85. The van der Waals surface area contributed by atoms with Gasteiger partial charge in [-0.15, -0.1) is 0 Å². The summed E-state index contributed by atoms with van der Waals surface area (Å²) in [5, 5.41) is 1.25. The lowest BCUT2D eigenvalue weighted by Gasteiger charge is -2.06. The van der Waals surface area contributed by atoms with Gasteiger partial charge < -0.3 is 9.72 Å². The van der Waals surface area contributed by atoms with E-state index in [2.05, 4.69) is 9.97 Å². The SMILES string of the molecule is Cc1cc(C(=O)Oc2cncc(Cl)c2)c2cc[nH]c2c1. The van der Waals surface area contributed by atoms with E-state index < -0.39 is 5.97 Å². The number of rotatable bonds is 2. The fraction of sp³-hybridized carbons (Fsp3) is 0.0667. The highest BCUT2D eigenvalue weighted by molar-refractivity contribution is 6.30. The molecule has 0 spiro atoms. The number of nitrogens with one attached hydrogen (secondary N) is 1. The molecule has 0 unspecified atom stereocenters. The van der Waals surface area contributed by atoms with Gasteiger partial charge >= 0.3 is 5.97 Å². The van der Waals surface area contributed by atoms with Crippen LogP contribution < -0.4 is 4.74 Å². The summed E-state index contributed by atoms with van der Waals surface area (Å²) in [6.45, 7) is 1.93. The number of carbonyl (C=O) groups excluding carboxylic acids is 1. The van der Waals surface area contributed by atoms with E-state index in [1.807, 2.05) is 19.1 Å². The zero-order valence-electron chi connectivity index (χ0n) is 10.7. The molecule has 0 radical (unpaired) electrons. The van der Waals surface area contributed by atoms with E-state index in [4.69, 9.17) is 16.3 Å². The first-order chi connectivity index (χ1) is 9.63. The molecule has 0 aliphatic heterocycles. The van der Waals surface area contributed by atoms with Crippen molar-refractivity contribution in [3.8, 4) is 5.75 Å². The van der Waals surface area contributed by atoms with Gasteiger partial charge in [0.15, 0.2) is 5.75 Å². The summed E-state index contributed by atoms with van der Waals surface area (Å²) in [6.07, 6.45) is 4.73. The Morgan fingerprint density at radius 1 is 1.30 bits per heavy atom. The molecule has 0 amide bonds. The van der Waals surface area contributed by atoms with Crippen LogP contribution >= 0.6 is 11.6 Å². The molecular formula is C15H11ClN2O2. The Hall–Kier alpha value is -2.33. The normalized spacial score (nSPS) is 10.7. The summed E-state index contributed by atoms with van der Waals surface area (Å²) in [4.78, 5) is 19.3. The molecule has 0 saturated carbocycles. The minimum absolute atomic E-state index is 0.327. The zero-order chi connectivity index (χ0) is 14.1. The summed E-state index contributed by atoms with van der Waals surface area (Å²) >= 11 is 5.82. The van der Waals surface area contributed by atoms with Crippen LogP contribution in [0.4, 0.5) is 0 Å². The number of esters is 1. The number of aromatic nitrogens is 2. The van der Waals surface area contributed by atoms with Crippen LogP contribution in [-0.2, 0) is 0 Å². The molecule has 0 aliphatic carbocycles. The maximum atomic E-state index is 12.3. The lowest BCUT2D eigenvalue weighted by Crippen LogP contribution is -2.09. The van der Waals surface area contributed by atoms with Crippen molar-refractivity contribution in [2.24, 2.45) is 0 Å². The molecular weight excluding hydrogens is 276 g/mol. The van der Waals surface area contributed by atoms with Crippen molar-refractivity contribution in [2.45, 2.75) is 6.92 Å². The van der Waals surface area contributed by atoms with Gasteiger partial charge in [-0.2, -0.15) is 0 Å². The number of pyridine rings is 1. The first-order valence-electron chi connectivity index (χ1n) is 6.04. The van der Waals surface area contributed by atoms with Gasteiger partial charge in [0.1, 0.15) is 0 Å². The second-order valence-electron chi connectivity index (χ2n) is 4.48. The van der Waals surface area contributed by atoms with Crippen molar-refractivity contribution in [2.75, 3.05) is 0 Å². The minimum Gasteiger partial charge on any atom is -0.421 e. The third-order valence-corrected chi connectivity index (χ3v) is 3.13. The maximum Gasteiger partial charge on any atom is 0.344 e. The lowest BCUT2D eigenvalue weighted by atomic mass is 10.1. The van der Waals surface area contributed by atoms with Crippen LogP contribution in [0.5, 0.6) is 5.75 Å². The Balaban J connectivity index is 1.98. The second kappa shape index (κ2) is 4.98. The van der Waals surface area contributed by atoms with Gasteiger partial charge in [-0.1, -0.05) is 11.6 Å². The Kier molecular flexibility index (Phi) is 3.16. The van der Waals surface area contributed by atoms with Crippen molar-refractivity contribution < 1.29 is 9.53 Å². The highest BCUT2D eigenvalue weighted by atomic mass is 35.5. The second-order valence-corrected chi connectivity index (χ2v) is 4.92. The summed E-state index contributed by atoms with van der Waals surface area (Å²) in [5.74, 6) is -0.102. The Morgan fingerprint density at radius 3 is 2.95 bits per heavy atom. The quantitative estimate of drug-likeness (QED) is 0.730. The summed E-state index contributed by atoms with van der Waals surface area (Å²) in [7, 11) is 0. The highest BCUT2D eigenvalue weighted by Crippen LogP contribution is 2.22. The molecule has 0 saturated heterocycles. The molecule has 3 rings (SSSR count). The van der Waals surface area contributed by atoms with Crippen molar-refractivity contribution >= 4 is 28.5 Å². The number of hydrogen-bond acceptors (Lipinski definition) is 3. The first-order valence-corrected chi connectivity index (χ1v) is 6.42. The molecule has 3 aromatic rings. The largest absolute Gasteiger partial charge is 0.421 e. The lowest BCUT2D eigenvalue weighted by molar-refractivity contribution is 0.0736. The summed E-state index contributed by atoms with van der Waals surface area (Å²) < 4.78 is 5.31. The molecule has 0 fully saturated rings. The fourth-order valence-corrected chi connectivity index (χ4v) is 2.25. The Bertz CT molecular complexity index is 795. The van der Waals surface area contributed by atoms with Crippen LogP contribution in [-0.4, -0.2) is 15.9 Å². The number of aryl methyl sites for hydroxylation is 1. The molecule has 5 heteroatoms. The molecule has 0 aliphatic rings. The molecule has 20 heavy (non-hydrogen) atoms. The molecule has 1 aromatic carbocycles. The Labute approximate surface area is 120 Å². The smallest absolute Gasteiger partial charge is 0.344 e. The third-order valence-electron chi connectivity index (χ3n) is 2.92. The topological polar surface area (TPSA) is 55.0 Å². The van der Waals surface area contributed by atoms with Crippen molar-refractivity contribution in [3.63, 3.8) is 0 Å². The summed E-state index contributed by atoms with van der Waals surface area (Å²) in [5.41, 5.74) is 2.40. The number of nitrogens with zero attached hydrogens (tertiary/aromatic N) is 1. The van der Waals surface area contributed by atoms with E-state index in [0.717, 1.165) is 16.5 Å². The number of hydrogen-bond donors (Lipinski definition) is 1. The van der Waals surface area contributed by atoms with Crippen molar-refractivity contribution in [3.05, 3.63) is 59.0 Å². The van der Waals surface area contributed by atoms with Gasteiger partial charge in [0.2, 0.25) is 0 Å². The van der Waals surface area contributed by atoms with Crippen LogP contribution in [0.15, 0.2) is 42.9 Å². The van der Waals surface area contributed by atoms with E-state index in [-0.39, 0.29) is 0 Å². The van der Waals surface area contributed by atoms with Gasteiger partial charge in [-0.25, -0.2) is 4.79 Å². The number of benzene rings is 1. The van der Waals surface area contributed by atoms with Gasteiger partial charge in [0.05, 0.1) is 16.8 Å². The number of H-pyrrole nitrogens is 1. The molecule has 100 valence electrons. The van der Waals surface area contributed by atoms with Crippen LogP contribution in [0, 0.1) is 6.92 Å². The van der Waals surface area contributed by atoms with E-state index in [1.54, 1.807) is 18.3 Å². The minimum atomic E-state index is -0.428. The number of halogens is 1. The number of carbonyl (C=O) groups is 1. The standard InChI is InChI=1S/C15H11ClN2O2/c1-9-4-13(12-2-3-18-14(12)5-9)15(19)20-11-6-10(16)7-17-8-11/h2-8,18H,1H3. The number of fused-ring (bicyclic) bond motifs is 1. The predicted molar refractivity (Wildman–Crippen MR) is 77.2 cm³/mol. The van der Waals surface area contributed by atoms with E-state index >= 15 is 0 Å². The molecule has 2 heterocycles.